The van der Waals surface area contributed by atoms with Gasteiger partial charge in [0.25, 0.3) is 5.91 Å². The summed E-state index contributed by atoms with van der Waals surface area (Å²) in [6.07, 6.45) is 5.21. The predicted octanol–water partition coefficient (Wildman–Crippen LogP) is 1.70. The molecule has 1 aromatic rings. The van der Waals surface area contributed by atoms with E-state index in [0.717, 1.165) is 25.6 Å². The molecule has 2 aliphatic rings. The number of halogens is 1. The van der Waals surface area contributed by atoms with Crippen LogP contribution in [-0.2, 0) is 0 Å². The molecule has 1 atom stereocenters. The van der Waals surface area contributed by atoms with Crippen LogP contribution in [0.4, 0.5) is 0 Å². The van der Waals surface area contributed by atoms with Crippen molar-refractivity contribution < 1.29 is 4.79 Å². The van der Waals surface area contributed by atoms with Crippen molar-refractivity contribution >= 4 is 17.5 Å². The maximum atomic E-state index is 12.0. The molecule has 2 fully saturated rings. The molecule has 1 aromatic heterocycles. The Morgan fingerprint density at radius 1 is 1.39 bits per heavy atom. The van der Waals surface area contributed by atoms with Gasteiger partial charge < -0.3 is 5.32 Å². The molecule has 5 heteroatoms. The summed E-state index contributed by atoms with van der Waals surface area (Å²) in [5.41, 5.74) is 0.573. The molecule has 1 unspecified atom stereocenters. The van der Waals surface area contributed by atoms with Gasteiger partial charge in [0.15, 0.2) is 0 Å². The Hall–Kier alpha value is -1.13. The third kappa shape index (κ3) is 2.65. The van der Waals surface area contributed by atoms with Crippen molar-refractivity contribution in [1.29, 1.82) is 0 Å². The standard InChI is InChI=1S/C13H16ClN3O/c14-12-4-1-9(7-15-12)13(18)16-10-5-6-17(8-10)11-2-3-11/h1,4,7,10-11H,2-3,5-6,8H2,(H,16,18). The number of nitrogens with zero attached hydrogens (tertiary/aromatic N) is 2. The van der Waals surface area contributed by atoms with Gasteiger partial charge in [-0.3, -0.25) is 9.69 Å². The highest BCUT2D eigenvalue weighted by molar-refractivity contribution is 6.29. The van der Waals surface area contributed by atoms with Gasteiger partial charge in [-0.25, -0.2) is 4.98 Å². The van der Waals surface area contributed by atoms with Crippen LogP contribution in [0.1, 0.15) is 29.6 Å². The number of aromatic nitrogens is 1. The molecule has 4 nitrogen and oxygen atoms in total. The van der Waals surface area contributed by atoms with Crippen LogP contribution in [0, 0.1) is 0 Å². The van der Waals surface area contributed by atoms with Crippen LogP contribution in [0.2, 0.25) is 5.15 Å². The molecular weight excluding hydrogens is 250 g/mol. The van der Waals surface area contributed by atoms with Gasteiger partial charge in [-0.15, -0.1) is 0 Å². The van der Waals surface area contributed by atoms with Gasteiger partial charge in [-0.1, -0.05) is 11.6 Å². The van der Waals surface area contributed by atoms with Crippen molar-refractivity contribution in [2.75, 3.05) is 13.1 Å². The van der Waals surface area contributed by atoms with E-state index in [9.17, 15) is 4.79 Å². The van der Waals surface area contributed by atoms with Gasteiger partial charge in [-0.2, -0.15) is 0 Å². The molecule has 1 N–H and O–H groups in total. The second kappa shape index (κ2) is 4.86. The number of carbonyl (C=O) groups is 1. The van der Waals surface area contributed by atoms with Gasteiger partial charge in [0.1, 0.15) is 5.15 Å². The summed E-state index contributed by atoms with van der Waals surface area (Å²) >= 11 is 5.70. The van der Waals surface area contributed by atoms with Crippen molar-refractivity contribution in [1.82, 2.24) is 15.2 Å². The predicted molar refractivity (Wildman–Crippen MR) is 69.7 cm³/mol. The Morgan fingerprint density at radius 2 is 2.22 bits per heavy atom. The van der Waals surface area contributed by atoms with E-state index in [1.165, 1.54) is 19.0 Å². The zero-order chi connectivity index (χ0) is 12.5. The lowest BCUT2D eigenvalue weighted by Gasteiger charge is -2.15. The first-order chi connectivity index (χ1) is 8.72. The van der Waals surface area contributed by atoms with E-state index >= 15 is 0 Å². The zero-order valence-electron chi connectivity index (χ0n) is 10.1. The molecule has 0 aromatic carbocycles. The first kappa shape index (κ1) is 11.9. The summed E-state index contributed by atoms with van der Waals surface area (Å²) in [5, 5.41) is 3.47. The van der Waals surface area contributed by atoms with Crippen LogP contribution in [0.15, 0.2) is 18.3 Å². The molecule has 1 saturated carbocycles. The number of rotatable bonds is 3. The monoisotopic (exact) mass is 265 g/mol. The molecule has 96 valence electrons. The van der Waals surface area contributed by atoms with E-state index < -0.39 is 0 Å². The van der Waals surface area contributed by atoms with Gasteiger partial charge in [0.2, 0.25) is 0 Å². The molecule has 1 saturated heterocycles. The number of amides is 1. The Bertz CT molecular complexity index is 444. The van der Waals surface area contributed by atoms with Crippen LogP contribution in [0.25, 0.3) is 0 Å². The minimum Gasteiger partial charge on any atom is -0.348 e. The van der Waals surface area contributed by atoms with Gasteiger partial charge >= 0.3 is 0 Å². The van der Waals surface area contributed by atoms with Gasteiger partial charge in [-0.05, 0) is 31.4 Å². The molecule has 2 heterocycles. The summed E-state index contributed by atoms with van der Waals surface area (Å²) in [6, 6.07) is 4.40. The zero-order valence-corrected chi connectivity index (χ0v) is 10.9. The number of likely N-dealkylation sites (tertiary alicyclic amines) is 1. The quantitative estimate of drug-likeness (QED) is 0.846. The van der Waals surface area contributed by atoms with E-state index in [1.807, 2.05) is 0 Å². The third-order valence-electron chi connectivity index (χ3n) is 3.61. The summed E-state index contributed by atoms with van der Waals surface area (Å²) in [5.74, 6) is -0.0539. The Morgan fingerprint density at radius 3 is 2.89 bits per heavy atom. The number of hydrogen-bond acceptors (Lipinski definition) is 3. The highest BCUT2D eigenvalue weighted by Gasteiger charge is 2.34. The maximum absolute atomic E-state index is 12.0. The average Bonchev–Trinajstić information content (AvgIpc) is 3.11. The second-order valence-corrected chi connectivity index (χ2v) is 5.44. The fraction of sp³-hybridized carbons (Fsp3) is 0.538. The van der Waals surface area contributed by atoms with Crippen LogP contribution in [0.3, 0.4) is 0 Å². The Kier molecular flexibility index (Phi) is 3.22. The minimum atomic E-state index is -0.0539. The lowest BCUT2D eigenvalue weighted by atomic mass is 10.2. The lowest BCUT2D eigenvalue weighted by Crippen LogP contribution is -2.37. The fourth-order valence-corrected chi connectivity index (χ4v) is 2.57. The van der Waals surface area contributed by atoms with E-state index in [1.54, 1.807) is 12.1 Å². The van der Waals surface area contributed by atoms with Crippen molar-refractivity contribution in [2.45, 2.75) is 31.3 Å². The summed E-state index contributed by atoms with van der Waals surface area (Å²) in [7, 11) is 0. The third-order valence-corrected chi connectivity index (χ3v) is 3.83. The highest BCUT2D eigenvalue weighted by Crippen LogP contribution is 2.29. The number of hydrogen-bond donors (Lipinski definition) is 1. The molecule has 1 aliphatic heterocycles. The molecule has 18 heavy (non-hydrogen) atoms. The smallest absolute Gasteiger partial charge is 0.253 e. The molecule has 1 amide bonds. The number of nitrogens with one attached hydrogen (secondary N) is 1. The molecule has 3 rings (SSSR count). The Balaban J connectivity index is 1.56. The van der Waals surface area contributed by atoms with Gasteiger partial charge in [0.05, 0.1) is 5.56 Å². The molecular formula is C13H16ClN3O. The summed E-state index contributed by atoms with van der Waals surface area (Å²) in [6.45, 7) is 2.09. The lowest BCUT2D eigenvalue weighted by molar-refractivity contribution is 0.0937. The summed E-state index contributed by atoms with van der Waals surface area (Å²) in [4.78, 5) is 18.4. The Labute approximate surface area is 111 Å². The van der Waals surface area contributed by atoms with Crippen LogP contribution < -0.4 is 5.32 Å². The van der Waals surface area contributed by atoms with Crippen LogP contribution >= 0.6 is 11.6 Å². The van der Waals surface area contributed by atoms with E-state index in [0.29, 0.717) is 10.7 Å². The van der Waals surface area contributed by atoms with Crippen LogP contribution in [0.5, 0.6) is 0 Å². The summed E-state index contributed by atoms with van der Waals surface area (Å²) < 4.78 is 0. The number of pyridine rings is 1. The first-order valence-corrected chi connectivity index (χ1v) is 6.76. The molecule has 1 aliphatic carbocycles. The SMILES string of the molecule is O=C(NC1CCN(C2CC2)C1)c1ccc(Cl)nc1. The maximum Gasteiger partial charge on any atom is 0.253 e. The number of carbonyl (C=O) groups excluding carboxylic acids is 1. The van der Waals surface area contributed by atoms with E-state index in [4.69, 9.17) is 11.6 Å². The molecule has 0 radical (unpaired) electrons. The second-order valence-electron chi connectivity index (χ2n) is 5.05. The first-order valence-electron chi connectivity index (χ1n) is 6.39. The van der Waals surface area contributed by atoms with Crippen molar-refractivity contribution in [3.8, 4) is 0 Å². The molecule has 0 spiro atoms. The van der Waals surface area contributed by atoms with Crippen molar-refractivity contribution in [3.05, 3.63) is 29.0 Å². The fourth-order valence-electron chi connectivity index (χ4n) is 2.46. The van der Waals surface area contributed by atoms with Crippen molar-refractivity contribution in [2.24, 2.45) is 0 Å². The van der Waals surface area contributed by atoms with Crippen molar-refractivity contribution in [3.63, 3.8) is 0 Å². The van der Waals surface area contributed by atoms with E-state index in [2.05, 4.69) is 15.2 Å². The average molecular weight is 266 g/mol. The topological polar surface area (TPSA) is 45.2 Å². The van der Waals surface area contributed by atoms with E-state index in [-0.39, 0.29) is 11.9 Å². The van der Waals surface area contributed by atoms with Gasteiger partial charge in [0, 0.05) is 31.4 Å². The van der Waals surface area contributed by atoms with Crippen LogP contribution in [-0.4, -0.2) is 41.0 Å². The molecule has 0 bridgehead atoms. The highest BCUT2D eigenvalue weighted by atomic mass is 35.5. The minimum absolute atomic E-state index is 0.0539. The normalized spacial score (nSPS) is 24.2. The largest absolute Gasteiger partial charge is 0.348 e.